The number of amides is 1. The van der Waals surface area contributed by atoms with Gasteiger partial charge in [-0.15, -0.1) is 0 Å². The van der Waals surface area contributed by atoms with Crippen molar-refractivity contribution in [3.63, 3.8) is 0 Å². The number of likely N-dealkylation sites (tertiary alicyclic amines) is 1. The summed E-state index contributed by atoms with van der Waals surface area (Å²) in [6.07, 6.45) is 8.72. The maximum atomic E-state index is 13.0. The highest BCUT2D eigenvalue weighted by Gasteiger charge is 2.45. The lowest BCUT2D eigenvalue weighted by molar-refractivity contribution is -0.135. The third-order valence-corrected chi connectivity index (χ3v) is 11.1. The van der Waals surface area contributed by atoms with Crippen LogP contribution in [0.2, 0.25) is 5.02 Å². The molecule has 1 aromatic heterocycles. The number of aromatic nitrogens is 2. The van der Waals surface area contributed by atoms with Crippen LogP contribution in [-0.2, 0) is 27.3 Å². The van der Waals surface area contributed by atoms with Crippen LogP contribution < -0.4 is 14.5 Å². The smallest absolute Gasteiger partial charge is 0.330 e. The van der Waals surface area contributed by atoms with Crippen LogP contribution in [-0.4, -0.2) is 96.2 Å². The number of anilines is 2. The summed E-state index contributed by atoms with van der Waals surface area (Å²) in [6.45, 7) is 6.83. The lowest BCUT2D eigenvalue weighted by Crippen LogP contribution is -2.44. The van der Waals surface area contributed by atoms with Gasteiger partial charge in [-0.1, -0.05) is 35.9 Å². The molecule has 11 heteroatoms. The van der Waals surface area contributed by atoms with Crippen molar-refractivity contribution < 1.29 is 19.1 Å². The van der Waals surface area contributed by atoms with Crippen LogP contribution in [0.15, 0.2) is 48.6 Å². The van der Waals surface area contributed by atoms with E-state index in [1.165, 1.54) is 32.1 Å². The van der Waals surface area contributed by atoms with Crippen LogP contribution in [0.1, 0.15) is 50.3 Å². The maximum absolute atomic E-state index is 13.0. The average Bonchev–Trinajstić information content (AvgIpc) is 3.79. The Morgan fingerprint density at radius 3 is 2.62 bits per heavy atom. The first-order chi connectivity index (χ1) is 22.8. The number of methoxy groups -OCH3 is 1. The quantitative estimate of drug-likeness (QED) is 0.245. The minimum absolute atomic E-state index is 0.00653. The van der Waals surface area contributed by atoms with Gasteiger partial charge in [0.05, 0.1) is 29.9 Å². The molecule has 10 nitrogen and oxygen atoms in total. The first-order valence-corrected chi connectivity index (χ1v) is 17.1. The molecule has 248 valence electrons. The number of hydrogen-bond acceptors (Lipinski definition) is 9. The third-order valence-electron chi connectivity index (χ3n) is 10.8. The number of rotatable bonds is 8. The minimum atomic E-state index is -0.545. The van der Waals surface area contributed by atoms with E-state index in [4.69, 9.17) is 26.3 Å². The van der Waals surface area contributed by atoms with Crippen molar-refractivity contribution in [2.45, 2.75) is 69.6 Å². The average molecular weight is 659 g/mol. The zero-order valence-electron chi connectivity index (χ0n) is 27.5. The molecule has 3 fully saturated rings. The van der Waals surface area contributed by atoms with Crippen molar-refractivity contribution in [2.75, 3.05) is 56.7 Å². The van der Waals surface area contributed by atoms with E-state index in [0.29, 0.717) is 25.7 Å². The molecule has 3 aromatic rings. The highest BCUT2D eigenvalue weighted by Crippen LogP contribution is 2.40. The lowest BCUT2D eigenvalue weighted by atomic mass is 9.95. The zero-order chi connectivity index (χ0) is 32.7. The van der Waals surface area contributed by atoms with Gasteiger partial charge in [-0.2, -0.15) is 9.97 Å². The van der Waals surface area contributed by atoms with Crippen LogP contribution in [0, 0.1) is 0 Å². The van der Waals surface area contributed by atoms with Crippen LogP contribution in [0.3, 0.4) is 0 Å². The summed E-state index contributed by atoms with van der Waals surface area (Å²) >= 11 is 6.74. The number of esters is 1. The molecule has 0 radical (unpaired) electrons. The topological polar surface area (TPSA) is 91.3 Å². The Balaban J connectivity index is 1.19. The Hall–Kier alpha value is -3.89. The van der Waals surface area contributed by atoms with Crippen molar-refractivity contribution >= 4 is 45.8 Å². The number of likely N-dealkylation sites (N-methyl/N-ethyl adjacent to an activating group) is 1. The summed E-state index contributed by atoms with van der Waals surface area (Å²) in [4.78, 5) is 43.7. The van der Waals surface area contributed by atoms with Crippen molar-refractivity contribution in [3.8, 4) is 6.01 Å². The largest absolute Gasteiger partial charge is 0.466 e. The highest BCUT2D eigenvalue weighted by atomic mass is 35.5. The molecule has 0 saturated carbocycles. The third kappa shape index (κ3) is 6.02. The van der Waals surface area contributed by atoms with E-state index in [-0.39, 0.29) is 23.5 Å². The van der Waals surface area contributed by atoms with Crippen molar-refractivity contribution in [1.29, 1.82) is 0 Å². The fourth-order valence-corrected chi connectivity index (χ4v) is 8.50. The predicted molar refractivity (Wildman–Crippen MR) is 183 cm³/mol. The first kappa shape index (κ1) is 31.7. The van der Waals surface area contributed by atoms with Gasteiger partial charge in [0.2, 0.25) is 5.91 Å². The number of benzene rings is 2. The molecule has 4 aliphatic rings. The molecule has 2 aromatic carbocycles. The second-order valence-corrected chi connectivity index (χ2v) is 13.9. The summed E-state index contributed by atoms with van der Waals surface area (Å²) in [6, 6.07) is 12.8. The molecule has 4 aliphatic heterocycles. The molecule has 0 bridgehead atoms. The van der Waals surface area contributed by atoms with Gasteiger partial charge in [0.25, 0.3) is 0 Å². The van der Waals surface area contributed by atoms with Gasteiger partial charge in [-0.05, 0) is 76.1 Å². The standard InChI is InChI=1S/C36H43ClN6O4/c1-24-20-26(21-43(24)31(44)12-13-32(45)46-3)40(2)34-27-14-19-41(30-11-5-9-25-8-4-10-28(37)33(25)30)22-29(27)38-35(39-34)47-23-36-15-6-17-42(36)18-7-16-36/h4-5,8-13,24,26H,6-7,14-23H2,1-3H3/b13-12+. The number of fused-ring (bicyclic) bond motifs is 3. The van der Waals surface area contributed by atoms with Crippen LogP contribution >= 0.6 is 11.6 Å². The summed E-state index contributed by atoms with van der Waals surface area (Å²) in [5, 5.41) is 2.90. The number of halogens is 1. The number of hydrogen-bond donors (Lipinski definition) is 0. The summed E-state index contributed by atoms with van der Waals surface area (Å²) in [5.74, 6) is 0.120. The summed E-state index contributed by atoms with van der Waals surface area (Å²) < 4.78 is 11.2. The van der Waals surface area contributed by atoms with E-state index in [2.05, 4.69) is 50.7 Å². The predicted octanol–water partition coefficient (Wildman–Crippen LogP) is 5.01. The minimum Gasteiger partial charge on any atom is -0.466 e. The van der Waals surface area contributed by atoms with Gasteiger partial charge in [0.15, 0.2) is 0 Å². The highest BCUT2D eigenvalue weighted by molar-refractivity contribution is 6.36. The second-order valence-electron chi connectivity index (χ2n) is 13.4. The molecular formula is C36H43ClN6O4. The molecule has 47 heavy (non-hydrogen) atoms. The molecule has 1 amide bonds. The number of carbonyl (C=O) groups excluding carboxylic acids is 2. The van der Waals surface area contributed by atoms with Gasteiger partial charge in [0.1, 0.15) is 12.4 Å². The van der Waals surface area contributed by atoms with Gasteiger partial charge in [-0.3, -0.25) is 9.69 Å². The van der Waals surface area contributed by atoms with Crippen molar-refractivity contribution in [3.05, 3.63) is 64.8 Å². The Kier molecular flexibility index (Phi) is 8.74. The molecule has 0 N–H and O–H groups in total. The van der Waals surface area contributed by atoms with Crippen LogP contribution in [0.25, 0.3) is 10.8 Å². The Morgan fingerprint density at radius 1 is 1.09 bits per heavy atom. The molecule has 3 saturated heterocycles. The lowest BCUT2D eigenvalue weighted by Gasteiger charge is -2.35. The van der Waals surface area contributed by atoms with E-state index < -0.39 is 5.97 Å². The monoisotopic (exact) mass is 658 g/mol. The van der Waals surface area contributed by atoms with E-state index in [1.54, 1.807) is 0 Å². The molecular weight excluding hydrogens is 616 g/mol. The number of ether oxygens (including phenoxy) is 2. The Labute approximate surface area is 281 Å². The number of carbonyl (C=O) groups is 2. The molecule has 2 atom stereocenters. The van der Waals surface area contributed by atoms with E-state index in [1.807, 2.05) is 24.0 Å². The molecule has 7 rings (SSSR count). The fourth-order valence-electron chi connectivity index (χ4n) is 8.22. The fraction of sp³-hybridized carbons (Fsp3) is 0.500. The van der Waals surface area contributed by atoms with Crippen molar-refractivity contribution in [1.82, 2.24) is 19.8 Å². The maximum Gasteiger partial charge on any atom is 0.330 e. The zero-order valence-corrected chi connectivity index (χ0v) is 28.2. The summed E-state index contributed by atoms with van der Waals surface area (Å²) in [5.41, 5.74) is 3.25. The van der Waals surface area contributed by atoms with Gasteiger partial charge in [0, 0.05) is 61.0 Å². The SMILES string of the molecule is COC(=O)/C=C/C(=O)N1CC(N(C)c2nc(OCC34CCCN3CCC4)nc3c2CCN(c2cccc4cccc(Cl)c24)C3)CC1C. The van der Waals surface area contributed by atoms with Crippen LogP contribution in [0.5, 0.6) is 6.01 Å². The van der Waals surface area contributed by atoms with E-state index >= 15 is 0 Å². The van der Waals surface area contributed by atoms with Gasteiger partial charge < -0.3 is 24.2 Å². The molecule has 2 unspecified atom stereocenters. The first-order valence-electron chi connectivity index (χ1n) is 16.8. The Bertz CT molecular complexity index is 1700. The number of nitrogens with zero attached hydrogens (tertiary/aromatic N) is 6. The van der Waals surface area contributed by atoms with E-state index in [0.717, 1.165) is 83.9 Å². The van der Waals surface area contributed by atoms with Gasteiger partial charge >= 0.3 is 12.0 Å². The second kappa shape index (κ2) is 13.0. The van der Waals surface area contributed by atoms with Gasteiger partial charge in [-0.25, -0.2) is 4.79 Å². The van der Waals surface area contributed by atoms with Crippen LogP contribution in [0.4, 0.5) is 11.5 Å². The molecule has 0 spiro atoms. The van der Waals surface area contributed by atoms with E-state index in [9.17, 15) is 9.59 Å². The summed E-state index contributed by atoms with van der Waals surface area (Å²) in [7, 11) is 3.36. The molecule has 5 heterocycles. The molecule has 0 aliphatic carbocycles. The Morgan fingerprint density at radius 2 is 1.85 bits per heavy atom. The normalized spacial score (nSPS) is 22.1. The van der Waals surface area contributed by atoms with Crippen molar-refractivity contribution in [2.24, 2.45) is 0 Å².